The van der Waals surface area contributed by atoms with Crippen LogP contribution in [0.15, 0.2) is 24.3 Å². The first kappa shape index (κ1) is 34.7. The molecule has 0 spiro atoms. The molecule has 3 aliphatic rings. The van der Waals surface area contributed by atoms with Gasteiger partial charge in [0.2, 0.25) is 0 Å². The van der Waals surface area contributed by atoms with E-state index in [1.54, 1.807) is 38.0 Å². The van der Waals surface area contributed by atoms with Crippen molar-refractivity contribution in [2.75, 3.05) is 12.3 Å². The van der Waals surface area contributed by atoms with E-state index in [2.05, 4.69) is 52.0 Å². The summed E-state index contributed by atoms with van der Waals surface area (Å²) in [4.78, 5) is 0. The smallest absolute Gasteiger partial charge is 0.418 e. The molecule has 0 bridgehead atoms. The van der Waals surface area contributed by atoms with Crippen molar-refractivity contribution >= 4 is 23.1 Å². The van der Waals surface area contributed by atoms with Crippen LogP contribution >= 0.6 is 15.8 Å². The molecule has 34 heavy (non-hydrogen) atoms. The van der Waals surface area contributed by atoms with Crippen molar-refractivity contribution in [3.63, 3.8) is 0 Å². The van der Waals surface area contributed by atoms with Gasteiger partial charge in [-0.1, -0.05) is 52.0 Å². The summed E-state index contributed by atoms with van der Waals surface area (Å²) in [7, 11) is -6.03. The molecular weight excluding hydrogens is 564 g/mol. The molecular formula is C26H50BF4P2Rh+. The Kier molecular flexibility index (Phi) is 20.2. The van der Waals surface area contributed by atoms with Gasteiger partial charge in [0, 0.05) is 35.3 Å². The van der Waals surface area contributed by atoms with Gasteiger partial charge in [0.1, 0.15) is 0 Å². The molecule has 0 saturated carbocycles. The van der Waals surface area contributed by atoms with E-state index in [4.69, 9.17) is 0 Å². The van der Waals surface area contributed by atoms with Crippen molar-refractivity contribution in [3.05, 3.63) is 24.3 Å². The van der Waals surface area contributed by atoms with Crippen molar-refractivity contribution in [3.8, 4) is 0 Å². The number of hydrogen-bond donors (Lipinski definition) is 0. The monoisotopic (exact) mass is 614 g/mol. The van der Waals surface area contributed by atoms with Crippen LogP contribution in [0.1, 0.15) is 105 Å². The molecule has 8 heteroatoms. The molecule has 1 aliphatic carbocycles. The van der Waals surface area contributed by atoms with Crippen molar-refractivity contribution < 1.29 is 36.7 Å². The van der Waals surface area contributed by atoms with Crippen LogP contribution in [0.2, 0.25) is 0 Å². The second-order valence-electron chi connectivity index (χ2n) is 9.82. The van der Waals surface area contributed by atoms with E-state index in [0.717, 1.165) is 0 Å². The van der Waals surface area contributed by atoms with E-state index in [-0.39, 0.29) is 35.3 Å². The second-order valence-corrected chi connectivity index (χ2v) is 16.4. The molecule has 0 aromatic carbocycles. The molecule has 2 heterocycles. The average Bonchev–Trinajstić information content (AvgIpc) is 3.33. The van der Waals surface area contributed by atoms with Gasteiger partial charge in [0.05, 0.1) is 35.0 Å². The normalized spacial score (nSPS) is 29.5. The SMILES string of the molecule is C1=C\CC/C=C\CC/1.CC[C@@H]1CC[C@@H](CC)[PH+]1CC[PH+]1[C@H](CC)CC[C@H]1CC.F[B-](F)(F)F.[Rh]. The van der Waals surface area contributed by atoms with E-state index in [0.29, 0.717) is 0 Å². The summed E-state index contributed by atoms with van der Waals surface area (Å²) in [5.74, 6) is 0. The Morgan fingerprint density at radius 2 is 0.765 bits per heavy atom. The molecule has 2 fully saturated rings. The molecule has 0 aromatic heterocycles. The molecule has 0 nitrogen and oxygen atoms in total. The molecule has 1 radical (unpaired) electrons. The summed E-state index contributed by atoms with van der Waals surface area (Å²) in [6.45, 7) is 9.84. The van der Waals surface area contributed by atoms with E-state index in [1.807, 2.05) is 0 Å². The standard InChI is InChI=1S/C18H36P2.C8H12.BF4.Rh/c1-5-15-9-10-16(6-2)19(15)13-14-20-17(7-3)11-12-18(20)8-4;1-2-4-6-8-7-5-3-1;2-1(3,4)5;/h15-18H,5-14H2,1-4H3;1-2,7-8H,3-6H2;;/q;;-1;/p+2/b;2-1-,8-7-;;/t15-,16-,17-,18-;;;/m1.../s1. The van der Waals surface area contributed by atoms with Crippen molar-refractivity contribution in [2.24, 2.45) is 0 Å². The summed E-state index contributed by atoms with van der Waals surface area (Å²) in [5.41, 5.74) is 4.70. The molecule has 0 N–H and O–H groups in total. The first-order chi connectivity index (χ1) is 15.7. The molecule has 3 rings (SSSR count). The van der Waals surface area contributed by atoms with Gasteiger partial charge in [-0.3, -0.25) is 0 Å². The topological polar surface area (TPSA) is 0 Å². The fourth-order valence-corrected chi connectivity index (χ4v) is 15.6. The number of rotatable bonds is 7. The van der Waals surface area contributed by atoms with E-state index in [1.165, 1.54) is 74.0 Å². The van der Waals surface area contributed by atoms with Crippen LogP contribution in [0, 0.1) is 0 Å². The largest absolute Gasteiger partial charge is 0.673 e. The molecule has 2 saturated heterocycles. The first-order valence-corrected chi connectivity index (χ1v) is 17.4. The molecule has 0 unspecified atom stereocenters. The molecule has 0 aromatic rings. The van der Waals surface area contributed by atoms with E-state index in [9.17, 15) is 17.3 Å². The summed E-state index contributed by atoms with van der Waals surface area (Å²) >= 11 is 0. The minimum absolute atomic E-state index is 0. The maximum atomic E-state index is 9.75. The predicted molar refractivity (Wildman–Crippen MR) is 148 cm³/mol. The Morgan fingerprint density at radius 3 is 0.941 bits per heavy atom. The van der Waals surface area contributed by atoms with Crippen LogP contribution < -0.4 is 0 Å². The van der Waals surface area contributed by atoms with E-state index >= 15 is 0 Å². The quantitative estimate of drug-likeness (QED) is 0.116. The van der Waals surface area contributed by atoms with Crippen LogP contribution in [-0.2, 0) is 19.5 Å². The summed E-state index contributed by atoms with van der Waals surface area (Å²) < 4.78 is 39.0. The summed E-state index contributed by atoms with van der Waals surface area (Å²) in [5, 5.41) is 0. The van der Waals surface area contributed by atoms with Gasteiger partial charge in [-0.25, -0.2) is 0 Å². The third kappa shape index (κ3) is 14.5. The maximum Gasteiger partial charge on any atom is 0.673 e. The van der Waals surface area contributed by atoms with Crippen LogP contribution in [0.25, 0.3) is 0 Å². The van der Waals surface area contributed by atoms with Gasteiger partial charge >= 0.3 is 7.25 Å². The number of hydrogen-bond acceptors (Lipinski definition) is 0. The zero-order valence-electron chi connectivity index (χ0n) is 21.9. The van der Waals surface area contributed by atoms with Crippen molar-refractivity contribution in [2.45, 2.75) is 127 Å². The van der Waals surface area contributed by atoms with Crippen molar-refractivity contribution in [1.82, 2.24) is 0 Å². The molecule has 2 aliphatic heterocycles. The van der Waals surface area contributed by atoms with Gasteiger partial charge in [-0.2, -0.15) is 0 Å². The van der Waals surface area contributed by atoms with E-state index < -0.39 is 7.25 Å². The number of allylic oxidation sites excluding steroid dienone is 4. The van der Waals surface area contributed by atoms with Crippen molar-refractivity contribution in [1.29, 1.82) is 0 Å². The molecule has 4 atom stereocenters. The Balaban J connectivity index is 0.000000642. The third-order valence-corrected chi connectivity index (χ3v) is 17.0. The number of halogens is 4. The van der Waals surface area contributed by atoms with Gasteiger partial charge in [-0.05, 0) is 77.0 Å². The maximum absolute atomic E-state index is 9.75. The zero-order chi connectivity index (χ0) is 24.7. The fourth-order valence-electron chi connectivity index (χ4n) is 6.04. The summed E-state index contributed by atoms with van der Waals surface area (Å²) in [6, 6.07) is 0. The van der Waals surface area contributed by atoms with Gasteiger partial charge in [-0.15, -0.1) is 0 Å². The van der Waals surface area contributed by atoms with Crippen LogP contribution in [0.5, 0.6) is 0 Å². The van der Waals surface area contributed by atoms with Gasteiger partial charge < -0.3 is 17.3 Å². The van der Waals surface area contributed by atoms with Crippen LogP contribution in [0.3, 0.4) is 0 Å². The van der Waals surface area contributed by atoms with Crippen LogP contribution in [-0.4, -0.2) is 42.2 Å². The van der Waals surface area contributed by atoms with Gasteiger partial charge in [0.15, 0.2) is 0 Å². The first-order valence-electron chi connectivity index (χ1n) is 13.6. The fraction of sp³-hybridized carbons (Fsp3) is 0.846. The zero-order valence-corrected chi connectivity index (χ0v) is 25.6. The van der Waals surface area contributed by atoms with Crippen LogP contribution in [0.4, 0.5) is 17.3 Å². The Hall–Kier alpha value is 0.748. The third-order valence-electron chi connectivity index (χ3n) is 7.83. The Bertz CT molecular complexity index is 475. The molecule has 0 amide bonds. The molecule has 203 valence electrons. The summed E-state index contributed by atoms with van der Waals surface area (Å²) in [6.07, 6.45) is 29.7. The predicted octanol–water partition coefficient (Wildman–Crippen LogP) is 10.1. The average molecular weight is 614 g/mol. The Morgan fingerprint density at radius 1 is 0.559 bits per heavy atom. The minimum Gasteiger partial charge on any atom is -0.418 e. The Labute approximate surface area is 223 Å². The van der Waals surface area contributed by atoms with Gasteiger partial charge in [0.25, 0.3) is 0 Å². The minimum atomic E-state index is -6.00. The second kappa shape index (κ2) is 19.8.